The molecule has 0 aliphatic rings. The van der Waals surface area contributed by atoms with Gasteiger partial charge in [0.05, 0.1) is 12.7 Å². The maximum atomic E-state index is 12.8. The minimum absolute atomic E-state index is 0.189. The summed E-state index contributed by atoms with van der Waals surface area (Å²) < 4.78 is 43.6. The van der Waals surface area contributed by atoms with Crippen LogP contribution in [0.25, 0.3) is 0 Å². The molecule has 0 atom stereocenters. The van der Waals surface area contributed by atoms with Crippen LogP contribution >= 0.6 is 0 Å². The van der Waals surface area contributed by atoms with Crippen molar-refractivity contribution in [2.24, 2.45) is 0 Å². The van der Waals surface area contributed by atoms with Crippen molar-refractivity contribution >= 4 is 5.82 Å². The highest BCUT2D eigenvalue weighted by Gasteiger charge is 2.33. The minimum atomic E-state index is -4.43. The first-order valence-electron chi connectivity index (χ1n) is 5.90. The third-order valence-electron chi connectivity index (χ3n) is 2.75. The van der Waals surface area contributed by atoms with Crippen molar-refractivity contribution in [3.05, 3.63) is 53.7 Å². The van der Waals surface area contributed by atoms with Crippen LogP contribution in [0, 0.1) is 0 Å². The van der Waals surface area contributed by atoms with Crippen molar-refractivity contribution in [3.8, 4) is 5.75 Å². The fourth-order valence-electron chi connectivity index (χ4n) is 1.80. The first-order chi connectivity index (χ1) is 9.52. The number of hydrogen-bond acceptors (Lipinski definition) is 3. The second-order valence-electron chi connectivity index (χ2n) is 4.06. The molecule has 0 saturated heterocycles. The van der Waals surface area contributed by atoms with Crippen LogP contribution in [0.2, 0.25) is 0 Å². The Hall–Kier alpha value is -2.24. The van der Waals surface area contributed by atoms with E-state index in [-0.39, 0.29) is 12.4 Å². The number of methoxy groups -OCH3 is 1. The van der Waals surface area contributed by atoms with Gasteiger partial charge in [0.1, 0.15) is 11.6 Å². The largest absolute Gasteiger partial charge is 0.496 e. The van der Waals surface area contributed by atoms with E-state index in [9.17, 15) is 13.2 Å². The summed E-state index contributed by atoms with van der Waals surface area (Å²) in [5.74, 6) is 0.426. The van der Waals surface area contributed by atoms with Gasteiger partial charge in [-0.25, -0.2) is 4.98 Å². The molecule has 2 aromatic rings. The van der Waals surface area contributed by atoms with Gasteiger partial charge in [0.25, 0.3) is 0 Å². The lowest BCUT2D eigenvalue weighted by atomic mass is 10.2. The molecule has 1 N–H and O–H groups in total. The van der Waals surface area contributed by atoms with Gasteiger partial charge in [-0.05, 0) is 18.2 Å². The lowest BCUT2D eigenvalue weighted by Crippen LogP contribution is -2.12. The van der Waals surface area contributed by atoms with Crippen LogP contribution in [0.1, 0.15) is 11.1 Å². The van der Waals surface area contributed by atoms with Crippen molar-refractivity contribution in [2.75, 3.05) is 12.4 Å². The lowest BCUT2D eigenvalue weighted by Gasteiger charge is -2.14. The molecule has 1 heterocycles. The molecule has 2 rings (SSSR count). The molecule has 106 valence electrons. The Balaban J connectivity index is 2.20. The van der Waals surface area contributed by atoms with Gasteiger partial charge in [0.2, 0.25) is 0 Å². The van der Waals surface area contributed by atoms with Crippen LogP contribution in [0.4, 0.5) is 19.0 Å². The number of anilines is 1. The Labute approximate surface area is 114 Å². The van der Waals surface area contributed by atoms with E-state index in [1.54, 1.807) is 24.3 Å². The van der Waals surface area contributed by atoms with E-state index in [0.717, 1.165) is 11.6 Å². The summed E-state index contributed by atoms with van der Waals surface area (Å²) in [5.41, 5.74) is -0.0244. The SMILES string of the molecule is COc1ccccc1CNc1ncccc1C(F)(F)F. The van der Waals surface area contributed by atoms with E-state index in [0.29, 0.717) is 5.75 Å². The molecule has 0 aliphatic heterocycles. The van der Waals surface area contributed by atoms with Crippen molar-refractivity contribution < 1.29 is 17.9 Å². The minimum Gasteiger partial charge on any atom is -0.496 e. The average Bonchev–Trinajstić information content (AvgIpc) is 2.44. The number of pyridine rings is 1. The summed E-state index contributed by atoms with van der Waals surface area (Å²) in [6.45, 7) is 0.199. The number of nitrogens with zero attached hydrogens (tertiary/aromatic N) is 1. The number of aromatic nitrogens is 1. The molecule has 0 aliphatic carbocycles. The average molecular weight is 282 g/mol. The molecular weight excluding hydrogens is 269 g/mol. The van der Waals surface area contributed by atoms with E-state index in [1.807, 2.05) is 0 Å². The van der Waals surface area contributed by atoms with Crippen LogP contribution in [-0.4, -0.2) is 12.1 Å². The van der Waals surface area contributed by atoms with Crippen molar-refractivity contribution in [1.82, 2.24) is 4.98 Å². The second kappa shape index (κ2) is 5.81. The first-order valence-corrected chi connectivity index (χ1v) is 5.90. The second-order valence-corrected chi connectivity index (χ2v) is 4.06. The molecule has 0 spiro atoms. The number of ether oxygens (including phenoxy) is 1. The number of rotatable bonds is 4. The molecule has 0 bridgehead atoms. The normalized spacial score (nSPS) is 11.2. The maximum Gasteiger partial charge on any atom is 0.419 e. The molecule has 0 radical (unpaired) electrons. The number of benzene rings is 1. The quantitative estimate of drug-likeness (QED) is 0.928. The van der Waals surface area contributed by atoms with Gasteiger partial charge in [0, 0.05) is 18.3 Å². The topological polar surface area (TPSA) is 34.1 Å². The fourth-order valence-corrected chi connectivity index (χ4v) is 1.80. The zero-order chi connectivity index (χ0) is 14.6. The molecule has 0 amide bonds. The molecule has 1 aromatic heterocycles. The Morgan fingerprint density at radius 1 is 1.15 bits per heavy atom. The van der Waals surface area contributed by atoms with Gasteiger partial charge in [-0.15, -0.1) is 0 Å². The molecule has 6 heteroatoms. The summed E-state index contributed by atoms with van der Waals surface area (Å²) >= 11 is 0. The Kier molecular flexibility index (Phi) is 4.12. The highest BCUT2D eigenvalue weighted by atomic mass is 19.4. The summed E-state index contributed by atoms with van der Waals surface area (Å²) in [4.78, 5) is 3.74. The zero-order valence-electron chi connectivity index (χ0n) is 10.7. The molecular formula is C14H13F3N2O. The number of alkyl halides is 3. The van der Waals surface area contributed by atoms with E-state index in [2.05, 4.69) is 10.3 Å². The highest BCUT2D eigenvalue weighted by molar-refractivity contribution is 5.47. The van der Waals surface area contributed by atoms with Crippen LogP contribution in [-0.2, 0) is 12.7 Å². The molecule has 3 nitrogen and oxygen atoms in total. The van der Waals surface area contributed by atoms with Crippen molar-refractivity contribution in [1.29, 1.82) is 0 Å². The van der Waals surface area contributed by atoms with E-state index < -0.39 is 11.7 Å². The maximum absolute atomic E-state index is 12.8. The Morgan fingerprint density at radius 2 is 1.90 bits per heavy atom. The van der Waals surface area contributed by atoms with Crippen LogP contribution in [0.3, 0.4) is 0 Å². The molecule has 1 aromatic carbocycles. The standard InChI is InChI=1S/C14H13F3N2O/c1-20-12-7-3-2-5-10(12)9-19-13-11(14(15,16)17)6-4-8-18-13/h2-8H,9H2,1H3,(H,18,19). The van der Waals surface area contributed by atoms with Gasteiger partial charge >= 0.3 is 6.18 Å². The van der Waals surface area contributed by atoms with Crippen molar-refractivity contribution in [2.45, 2.75) is 12.7 Å². The lowest BCUT2D eigenvalue weighted by molar-refractivity contribution is -0.137. The monoisotopic (exact) mass is 282 g/mol. The molecule has 20 heavy (non-hydrogen) atoms. The zero-order valence-corrected chi connectivity index (χ0v) is 10.7. The first kappa shape index (κ1) is 14.2. The van der Waals surface area contributed by atoms with Gasteiger partial charge < -0.3 is 10.1 Å². The number of hydrogen-bond donors (Lipinski definition) is 1. The number of nitrogens with one attached hydrogen (secondary N) is 1. The van der Waals surface area contributed by atoms with Gasteiger partial charge in [-0.2, -0.15) is 13.2 Å². The van der Waals surface area contributed by atoms with Crippen molar-refractivity contribution in [3.63, 3.8) is 0 Å². The molecule has 0 unspecified atom stereocenters. The Bertz CT molecular complexity index is 585. The van der Waals surface area contributed by atoms with Gasteiger partial charge in [0.15, 0.2) is 0 Å². The van der Waals surface area contributed by atoms with Crippen LogP contribution < -0.4 is 10.1 Å². The molecule has 0 fully saturated rings. The van der Waals surface area contributed by atoms with E-state index in [1.165, 1.54) is 19.4 Å². The summed E-state index contributed by atoms with van der Waals surface area (Å²) in [7, 11) is 1.51. The summed E-state index contributed by atoms with van der Waals surface area (Å²) in [5, 5.41) is 2.70. The van der Waals surface area contributed by atoms with Gasteiger partial charge in [-0.1, -0.05) is 18.2 Å². The Morgan fingerprint density at radius 3 is 2.60 bits per heavy atom. The predicted molar refractivity (Wildman–Crippen MR) is 69.6 cm³/mol. The number of para-hydroxylation sites is 1. The smallest absolute Gasteiger partial charge is 0.419 e. The number of halogens is 3. The third kappa shape index (κ3) is 3.20. The highest BCUT2D eigenvalue weighted by Crippen LogP contribution is 2.33. The van der Waals surface area contributed by atoms with Gasteiger partial charge in [-0.3, -0.25) is 0 Å². The summed E-state index contributed by atoms with van der Waals surface area (Å²) in [6.07, 6.45) is -3.11. The predicted octanol–water partition coefficient (Wildman–Crippen LogP) is 3.72. The third-order valence-corrected chi connectivity index (χ3v) is 2.75. The fraction of sp³-hybridized carbons (Fsp3) is 0.214. The van der Waals surface area contributed by atoms with Crippen LogP contribution in [0.5, 0.6) is 5.75 Å². The van der Waals surface area contributed by atoms with E-state index >= 15 is 0 Å². The van der Waals surface area contributed by atoms with E-state index in [4.69, 9.17) is 4.74 Å². The van der Waals surface area contributed by atoms with Crippen LogP contribution in [0.15, 0.2) is 42.6 Å². The summed E-state index contributed by atoms with van der Waals surface area (Å²) in [6, 6.07) is 9.38. The molecule has 0 saturated carbocycles.